The van der Waals surface area contributed by atoms with Gasteiger partial charge in [-0.1, -0.05) is 0 Å². The molecule has 1 fully saturated rings. The lowest BCUT2D eigenvalue weighted by Crippen LogP contribution is -2.63. The summed E-state index contributed by atoms with van der Waals surface area (Å²) in [5, 5.41) is 19.4. The number of nitrogens with two attached hydrogens (primary N) is 5. The minimum Gasteiger partial charge on any atom is -0.370 e. The van der Waals surface area contributed by atoms with Crippen LogP contribution in [0.15, 0.2) is 16.9 Å². The molecule has 0 aliphatic carbocycles. The van der Waals surface area contributed by atoms with Crippen LogP contribution in [0.2, 0.25) is 0 Å². The van der Waals surface area contributed by atoms with Gasteiger partial charge in [0.05, 0.1) is 6.04 Å². The molecule has 0 radical (unpaired) electrons. The van der Waals surface area contributed by atoms with Crippen molar-refractivity contribution >= 4 is 47.4 Å². The summed E-state index contributed by atoms with van der Waals surface area (Å²) >= 11 is 0. The summed E-state index contributed by atoms with van der Waals surface area (Å²) in [6, 6.07) is -7.79. The average molecular weight is 653 g/mol. The van der Waals surface area contributed by atoms with Gasteiger partial charge in [0.15, 0.2) is 5.96 Å². The van der Waals surface area contributed by atoms with Crippen LogP contribution in [0.25, 0.3) is 0 Å². The average Bonchev–Trinajstić information content (AvgIpc) is 3.00. The van der Waals surface area contributed by atoms with Crippen LogP contribution in [-0.4, -0.2) is 110 Å². The van der Waals surface area contributed by atoms with E-state index in [1.54, 1.807) is 0 Å². The largest absolute Gasteiger partial charge is 0.370 e. The number of rotatable bonds is 9. The van der Waals surface area contributed by atoms with Crippen LogP contribution in [0.1, 0.15) is 32.6 Å². The molecule has 18 N–H and O–H groups in total. The lowest BCUT2D eigenvalue weighted by molar-refractivity contribution is -0.133. The van der Waals surface area contributed by atoms with Gasteiger partial charge in [-0.2, -0.15) is 0 Å². The fourth-order valence-corrected chi connectivity index (χ4v) is 4.28. The van der Waals surface area contributed by atoms with Crippen molar-refractivity contribution in [3.8, 4) is 0 Å². The molecule has 0 aromatic rings. The molecular weight excluding hydrogens is 608 g/mol. The summed E-state index contributed by atoms with van der Waals surface area (Å²) in [5.41, 5.74) is 27.7. The van der Waals surface area contributed by atoms with Gasteiger partial charge in [-0.3, -0.25) is 33.8 Å². The van der Waals surface area contributed by atoms with Gasteiger partial charge in [0.1, 0.15) is 29.9 Å². The highest BCUT2D eigenvalue weighted by atomic mass is 16.2. The minimum atomic E-state index is -1.52. The Morgan fingerprint density at radius 3 is 2.41 bits per heavy atom. The van der Waals surface area contributed by atoms with Gasteiger partial charge in [-0.25, -0.2) is 4.79 Å². The number of guanidine groups is 1. The predicted octanol–water partition coefficient (Wildman–Crippen LogP) is -7.21. The molecule has 46 heavy (non-hydrogen) atoms. The second-order valence-corrected chi connectivity index (χ2v) is 10.7. The Morgan fingerprint density at radius 1 is 1.04 bits per heavy atom. The van der Waals surface area contributed by atoms with Crippen molar-refractivity contribution in [1.29, 1.82) is 0 Å². The summed E-state index contributed by atoms with van der Waals surface area (Å²) in [6.45, 7) is 1.08. The van der Waals surface area contributed by atoms with E-state index in [4.69, 9.17) is 28.7 Å². The zero-order valence-electron chi connectivity index (χ0n) is 25.4. The summed E-state index contributed by atoms with van der Waals surface area (Å²) in [6.07, 6.45) is 2.01. The minimum absolute atomic E-state index is 0.0101. The number of nitrogens with zero attached hydrogens (tertiary/aromatic N) is 1. The normalized spacial score (nSPS) is 26.6. The lowest BCUT2D eigenvalue weighted by atomic mass is 10.0. The number of urea groups is 1. The molecular formula is C25H44N14O7. The van der Waals surface area contributed by atoms with E-state index in [0.29, 0.717) is 19.4 Å². The van der Waals surface area contributed by atoms with Gasteiger partial charge in [0, 0.05) is 38.3 Å². The molecule has 21 heteroatoms. The Hall–Kier alpha value is -5.02. The SMILES string of the molecule is C[C@@H]1NC(=O)[C@H](N)CNC(=O)[C@H]([C@@H]2CCN=C(N)N2)NC(=O)/C(=C/NC(N)=O)NC(=O)[C@H](CNC(=O)C[C@@H](N)CCCN)NC1=O. The van der Waals surface area contributed by atoms with Gasteiger partial charge in [0.25, 0.3) is 5.91 Å². The maximum absolute atomic E-state index is 13.4. The fraction of sp³-hybridized carbons (Fsp3) is 0.600. The lowest BCUT2D eigenvalue weighted by Gasteiger charge is -2.31. The first-order chi connectivity index (χ1) is 21.7. The first-order valence-electron chi connectivity index (χ1n) is 14.5. The summed E-state index contributed by atoms with van der Waals surface area (Å²) in [7, 11) is 0. The molecule has 0 saturated carbocycles. The van der Waals surface area contributed by atoms with E-state index < -0.39 is 90.0 Å². The Bertz CT molecular complexity index is 1230. The zero-order chi connectivity index (χ0) is 34.4. The smallest absolute Gasteiger partial charge is 0.316 e. The summed E-state index contributed by atoms with van der Waals surface area (Å²) < 4.78 is 0. The summed E-state index contributed by atoms with van der Waals surface area (Å²) in [5.74, 6) is -5.04. The number of nitrogens with one attached hydrogen (secondary N) is 8. The Kier molecular flexibility index (Phi) is 14.6. The van der Waals surface area contributed by atoms with E-state index in [2.05, 4.69) is 47.5 Å². The van der Waals surface area contributed by atoms with E-state index in [0.717, 1.165) is 6.20 Å². The van der Waals surface area contributed by atoms with Crippen molar-refractivity contribution in [1.82, 2.24) is 42.5 Å². The second kappa shape index (κ2) is 18.1. The molecule has 8 amide bonds. The summed E-state index contributed by atoms with van der Waals surface area (Å²) in [4.78, 5) is 93.7. The molecule has 6 atom stereocenters. The highest BCUT2D eigenvalue weighted by Crippen LogP contribution is 2.07. The number of amides is 8. The number of hydrogen-bond donors (Lipinski definition) is 13. The first-order valence-corrected chi connectivity index (χ1v) is 14.5. The highest BCUT2D eigenvalue weighted by Gasteiger charge is 2.34. The molecule has 0 spiro atoms. The van der Waals surface area contributed by atoms with Crippen LogP contribution in [0.5, 0.6) is 0 Å². The molecule has 1 saturated heterocycles. The number of aliphatic imine (C=N–C) groups is 1. The maximum atomic E-state index is 13.4. The van der Waals surface area contributed by atoms with E-state index in [1.165, 1.54) is 6.92 Å². The van der Waals surface area contributed by atoms with Gasteiger partial charge in [-0.15, -0.1) is 0 Å². The Morgan fingerprint density at radius 2 is 1.76 bits per heavy atom. The van der Waals surface area contributed by atoms with Crippen LogP contribution in [0.3, 0.4) is 0 Å². The number of hydrogen-bond acceptors (Lipinski definition) is 13. The van der Waals surface area contributed by atoms with Crippen LogP contribution in [-0.2, 0) is 28.8 Å². The van der Waals surface area contributed by atoms with Gasteiger partial charge in [-0.05, 0) is 32.7 Å². The standard InChI is InChI=1S/C25H44N14O7/c1-11-19(41)36-15(9-32-17(40)7-12(27)3-2-5-26)21(43)37-16(10-34-25(30)46)22(44)39-18(14-4-6-31-24(29)38-14)23(45)33-8-13(28)20(42)35-11/h10-15,18H,2-9,26-28H2,1H3,(H,32,40)(H,33,45)(H,35,42)(H,36,41)(H,37,43)(H,39,44)(H3,29,31,38)(H3,30,34,46)/b16-10-/t11-,12-,13+,14-,15-,18-/m0/s1. The molecule has 2 aliphatic rings. The number of carbonyl (C=O) groups excluding carboxylic acids is 7. The molecule has 2 heterocycles. The predicted molar refractivity (Wildman–Crippen MR) is 163 cm³/mol. The van der Waals surface area contributed by atoms with Crippen molar-refractivity contribution < 1.29 is 33.6 Å². The highest BCUT2D eigenvalue weighted by molar-refractivity contribution is 6.02. The van der Waals surface area contributed by atoms with Crippen molar-refractivity contribution in [2.24, 2.45) is 33.7 Å². The van der Waals surface area contributed by atoms with Crippen molar-refractivity contribution in [3.05, 3.63) is 11.9 Å². The quantitative estimate of drug-likeness (QED) is 0.103. The van der Waals surface area contributed by atoms with E-state index in [1.807, 2.05) is 0 Å². The van der Waals surface area contributed by atoms with Crippen LogP contribution >= 0.6 is 0 Å². The third kappa shape index (κ3) is 12.2. The molecule has 21 nitrogen and oxygen atoms in total. The van der Waals surface area contributed by atoms with Crippen LogP contribution in [0, 0.1) is 0 Å². The van der Waals surface area contributed by atoms with Crippen LogP contribution in [0.4, 0.5) is 4.79 Å². The fourth-order valence-electron chi connectivity index (χ4n) is 4.28. The first kappa shape index (κ1) is 37.2. The molecule has 0 aromatic carbocycles. The van der Waals surface area contributed by atoms with Crippen molar-refractivity contribution in [2.75, 3.05) is 26.2 Å². The van der Waals surface area contributed by atoms with Crippen molar-refractivity contribution in [3.63, 3.8) is 0 Å². The molecule has 2 aliphatic heterocycles. The van der Waals surface area contributed by atoms with E-state index in [9.17, 15) is 33.6 Å². The zero-order valence-corrected chi connectivity index (χ0v) is 25.4. The molecule has 0 bridgehead atoms. The van der Waals surface area contributed by atoms with Gasteiger partial charge >= 0.3 is 6.03 Å². The number of primary amides is 1. The van der Waals surface area contributed by atoms with Crippen LogP contribution < -0.4 is 71.2 Å². The monoisotopic (exact) mass is 652 g/mol. The van der Waals surface area contributed by atoms with Crippen molar-refractivity contribution in [2.45, 2.75) is 68.9 Å². The van der Waals surface area contributed by atoms with Gasteiger partial charge in [0.2, 0.25) is 29.5 Å². The number of carbonyl (C=O) groups is 7. The molecule has 256 valence electrons. The molecule has 0 unspecified atom stereocenters. The molecule has 2 rings (SSSR count). The molecule has 0 aromatic heterocycles. The third-order valence-corrected chi connectivity index (χ3v) is 6.84. The van der Waals surface area contributed by atoms with E-state index >= 15 is 0 Å². The Labute approximate surface area is 264 Å². The second-order valence-electron chi connectivity index (χ2n) is 10.7. The topological polar surface area (TPSA) is 358 Å². The Balaban J connectivity index is 2.42. The third-order valence-electron chi connectivity index (χ3n) is 6.84. The van der Waals surface area contributed by atoms with Gasteiger partial charge < -0.3 is 71.2 Å². The maximum Gasteiger partial charge on any atom is 0.316 e. The van der Waals surface area contributed by atoms with E-state index in [-0.39, 0.29) is 31.9 Å².